The average molecular weight is 283 g/mol. The number of benzene rings is 2. The van der Waals surface area contributed by atoms with Gasteiger partial charge in [-0.25, -0.2) is 0 Å². The summed E-state index contributed by atoms with van der Waals surface area (Å²) < 4.78 is 5.36. The van der Waals surface area contributed by atoms with Crippen molar-refractivity contribution in [3.63, 3.8) is 0 Å². The predicted molar refractivity (Wildman–Crippen MR) is 84.0 cm³/mol. The minimum atomic E-state index is -0.157. The van der Waals surface area contributed by atoms with Crippen molar-refractivity contribution in [2.45, 2.75) is 26.0 Å². The van der Waals surface area contributed by atoms with Crippen molar-refractivity contribution in [1.82, 2.24) is 5.32 Å². The molecule has 0 aliphatic heterocycles. The number of amides is 1. The van der Waals surface area contributed by atoms with Gasteiger partial charge in [-0.05, 0) is 25.0 Å². The van der Waals surface area contributed by atoms with Gasteiger partial charge in [-0.1, -0.05) is 60.7 Å². The van der Waals surface area contributed by atoms with Gasteiger partial charge in [0, 0.05) is 0 Å². The number of hydrogen-bond donors (Lipinski definition) is 1. The van der Waals surface area contributed by atoms with E-state index in [1.807, 2.05) is 74.5 Å². The molecule has 3 heteroatoms. The second-order valence-corrected chi connectivity index (χ2v) is 5.18. The van der Waals surface area contributed by atoms with Crippen molar-refractivity contribution < 1.29 is 9.53 Å². The second kappa shape index (κ2) is 7.60. The molecule has 0 unspecified atom stereocenters. The molecular formula is C18H21NO2. The molecule has 2 aromatic carbocycles. The summed E-state index contributed by atoms with van der Waals surface area (Å²) in [6.07, 6.45) is 0.0441. The van der Waals surface area contributed by atoms with Crippen LogP contribution in [0.2, 0.25) is 0 Å². The van der Waals surface area contributed by atoms with E-state index >= 15 is 0 Å². The molecule has 0 saturated heterocycles. The fourth-order valence-electron chi connectivity index (χ4n) is 2.10. The molecule has 0 atom stereocenters. The molecule has 3 nitrogen and oxygen atoms in total. The SMILES string of the molecule is CC(C)OCC(=O)NC(c1ccccc1)c1ccccc1. The van der Waals surface area contributed by atoms with Crippen LogP contribution < -0.4 is 5.32 Å². The summed E-state index contributed by atoms with van der Waals surface area (Å²) in [6.45, 7) is 3.91. The van der Waals surface area contributed by atoms with E-state index in [2.05, 4.69) is 5.32 Å². The maximum absolute atomic E-state index is 12.1. The van der Waals surface area contributed by atoms with Gasteiger partial charge in [-0.2, -0.15) is 0 Å². The Balaban J connectivity index is 2.16. The zero-order valence-corrected chi connectivity index (χ0v) is 12.5. The maximum Gasteiger partial charge on any atom is 0.246 e. The van der Waals surface area contributed by atoms with Crippen molar-refractivity contribution >= 4 is 5.91 Å². The van der Waals surface area contributed by atoms with Crippen molar-refractivity contribution in [1.29, 1.82) is 0 Å². The third kappa shape index (κ3) is 4.72. The van der Waals surface area contributed by atoms with Gasteiger partial charge < -0.3 is 10.1 Å². The van der Waals surface area contributed by atoms with Gasteiger partial charge >= 0.3 is 0 Å². The molecule has 2 rings (SSSR count). The van der Waals surface area contributed by atoms with Crippen molar-refractivity contribution in [3.05, 3.63) is 71.8 Å². The zero-order valence-electron chi connectivity index (χ0n) is 12.5. The monoisotopic (exact) mass is 283 g/mol. The fraction of sp³-hybridized carbons (Fsp3) is 0.278. The molecule has 0 saturated carbocycles. The van der Waals surface area contributed by atoms with Crippen LogP contribution in [-0.4, -0.2) is 18.6 Å². The summed E-state index contributed by atoms with van der Waals surface area (Å²) >= 11 is 0. The maximum atomic E-state index is 12.1. The molecular weight excluding hydrogens is 262 g/mol. The lowest BCUT2D eigenvalue weighted by Crippen LogP contribution is -2.33. The summed E-state index contributed by atoms with van der Waals surface area (Å²) in [5, 5.41) is 3.04. The van der Waals surface area contributed by atoms with Gasteiger partial charge in [0.25, 0.3) is 0 Å². The highest BCUT2D eigenvalue weighted by molar-refractivity contribution is 5.78. The predicted octanol–water partition coefficient (Wildman–Crippen LogP) is 3.32. The van der Waals surface area contributed by atoms with Crippen LogP contribution >= 0.6 is 0 Å². The summed E-state index contributed by atoms with van der Waals surface area (Å²) in [7, 11) is 0. The lowest BCUT2D eigenvalue weighted by atomic mass is 9.99. The van der Waals surface area contributed by atoms with Crippen LogP contribution in [0.15, 0.2) is 60.7 Å². The molecule has 0 radical (unpaired) electrons. The van der Waals surface area contributed by atoms with Gasteiger partial charge in [-0.3, -0.25) is 4.79 Å². The van der Waals surface area contributed by atoms with Crippen molar-refractivity contribution in [3.8, 4) is 0 Å². The number of rotatable bonds is 6. The standard InChI is InChI=1S/C18H21NO2/c1-14(2)21-13-17(20)19-18(15-9-5-3-6-10-15)16-11-7-4-8-12-16/h3-12,14,18H,13H2,1-2H3,(H,19,20). The minimum absolute atomic E-state index is 0.0441. The highest BCUT2D eigenvalue weighted by Gasteiger charge is 2.16. The first kappa shape index (κ1) is 15.3. The Labute approximate surface area is 126 Å². The molecule has 0 bridgehead atoms. The molecule has 0 spiro atoms. The molecule has 1 N–H and O–H groups in total. The molecule has 0 aliphatic rings. The number of ether oxygens (including phenoxy) is 1. The molecule has 110 valence electrons. The van der Waals surface area contributed by atoms with Gasteiger partial charge in [0.15, 0.2) is 0 Å². The Morgan fingerprint density at radius 2 is 1.43 bits per heavy atom. The van der Waals surface area contributed by atoms with Crippen LogP contribution in [0.5, 0.6) is 0 Å². The number of nitrogens with one attached hydrogen (secondary N) is 1. The van der Waals surface area contributed by atoms with Crippen LogP contribution in [-0.2, 0) is 9.53 Å². The first-order chi connectivity index (χ1) is 10.2. The molecule has 21 heavy (non-hydrogen) atoms. The van der Waals surface area contributed by atoms with E-state index in [4.69, 9.17) is 4.74 Å². The third-order valence-electron chi connectivity index (χ3n) is 3.12. The number of hydrogen-bond acceptors (Lipinski definition) is 2. The molecule has 0 aliphatic carbocycles. The molecule has 2 aromatic rings. The molecule has 1 amide bonds. The highest BCUT2D eigenvalue weighted by atomic mass is 16.5. The van der Waals surface area contributed by atoms with Crippen LogP contribution in [0.1, 0.15) is 31.0 Å². The van der Waals surface area contributed by atoms with E-state index in [0.29, 0.717) is 0 Å². The normalized spacial score (nSPS) is 10.9. The number of carbonyl (C=O) groups is 1. The van der Waals surface area contributed by atoms with Gasteiger partial charge in [0.1, 0.15) is 6.61 Å². The van der Waals surface area contributed by atoms with Crippen molar-refractivity contribution in [2.24, 2.45) is 0 Å². The smallest absolute Gasteiger partial charge is 0.246 e. The Morgan fingerprint density at radius 3 is 1.86 bits per heavy atom. The average Bonchev–Trinajstić information content (AvgIpc) is 2.52. The van der Waals surface area contributed by atoms with Crippen LogP contribution in [0, 0.1) is 0 Å². The van der Waals surface area contributed by atoms with Gasteiger partial charge in [-0.15, -0.1) is 0 Å². The summed E-state index contributed by atoms with van der Waals surface area (Å²) in [6, 6.07) is 19.7. The lowest BCUT2D eigenvalue weighted by molar-refractivity contribution is -0.127. The van der Waals surface area contributed by atoms with Crippen LogP contribution in [0.4, 0.5) is 0 Å². The van der Waals surface area contributed by atoms with Gasteiger partial charge in [0.05, 0.1) is 12.1 Å². The van der Waals surface area contributed by atoms with E-state index in [1.54, 1.807) is 0 Å². The minimum Gasteiger partial charge on any atom is -0.369 e. The van der Waals surface area contributed by atoms with Crippen LogP contribution in [0.25, 0.3) is 0 Å². The van der Waals surface area contributed by atoms with Crippen molar-refractivity contribution in [2.75, 3.05) is 6.61 Å². The molecule has 0 fully saturated rings. The molecule has 0 heterocycles. The summed E-state index contributed by atoms with van der Waals surface area (Å²) in [5.74, 6) is -0.110. The van der Waals surface area contributed by atoms with Gasteiger partial charge in [0.2, 0.25) is 5.91 Å². The number of carbonyl (C=O) groups excluding carboxylic acids is 1. The highest BCUT2D eigenvalue weighted by Crippen LogP contribution is 2.21. The largest absolute Gasteiger partial charge is 0.369 e. The van der Waals surface area contributed by atoms with E-state index in [1.165, 1.54) is 0 Å². The van der Waals surface area contributed by atoms with E-state index < -0.39 is 0 Å². The first-order valence-electron chi connectivity index (χ1n) is 7.17. The van der Waals surface area contributed by atoms with E-state index in [9.17, 15) is 4.79 Å². The quantitative estimate of drug-likeness (QED) is 0.883. The Morgan fingerprint density at radius 1 is 0.952 bits per heavy atom. The molecule has 0 aromatic heterocycles. The lowest BCUT2D eigenvalue weighted by Gasteiger charge is -2.20. The van der Waals surface area contributed by atoms with E-state index in [0.717, 1.165) is 11.1 Å². The van der Waals surface area contributed by atoms with E-state index in [-0.39, 0.29) is 24.7 Å². The van der Waals surface area contributed by atoms with Crippen LogP contribution in [0.3, 0.4) is 0 Å². The Hall–Kier alpha value is -2.13. The second-order valence-electron chi connectivity index (χ2n) is 5.18. The fourth-order valence-corrected chi connectivity index (χ4v) is 2.10. The Bertz CT molecular complexity index is 512. The third-order valence-corrected chi connectivity index (χ3v) is 3.12. The topological polar surface area (TPSA) is 38.3 Å². The summed E-state index contributed by atoms with van der Waals surface area (Å²) in [4.78, 5) is 12.1. The zero-order chi connectivity index (χ0) is 15.1. The first-order valence-corrected chi connectivity index (χ1v) is 7.17. The summed E-state index contributed by atoms with van der Waals surface area (Å²) in [5.41, 5.74) is 2.11. The Kier molecular flexibility index (Phi) is 5.52.